The predicted molar refractivity (Wildman–Crippen MR) is 257 cm³/mol. The van der Waals surface area contributed by atoms with Crippen LogP contribution in [0.5, 0.6) is 0 Å². The van der Waals surface area contributed by atoms with Crippen molar-refractivity contribution in [2.24, 2.45) is 0 Å². The molecule has 0 radical (unpaired) electrons. The molecule has 3 heterocycles. The quantitative estimate of drug-likeness (QED) is 0.174. The Balaban J connectivity index is 1.13. The maximum absolute atomic E-state index is 5.28. The SMILES string of the molecule is c1ccc(-c2nc(-c3ccccc3)nc(-c3ccc4ccccc4c3-n3c4ccc(-n5c6ccccc6c6cc7ccccc7cc65)cc4c4cc5ccccc5cc43)n2)cc1. The summed E-state index contributed by atoms with van der Waals surface area (Å²) in [5, 5.41) is 11.9. The van der Waals surface area contributed by atoms with E-state index in [2.05, 4.69) is 185 Å². The van der Waals surface area contributed by atoms with E-state index in [9.17, 15) is 0 Å². The number of hydrogen-bond donors (Lipinski definition) is 0. The molecule has 0 fully saturated rings. The molecule has 0 N–H and O–H groups in total. The standard InChI is InChI=1S/C57H35N5/c1-3-16-37(17-4-1)55-58-56(38-18-5-2-6-19-38)60-57(59-55)46-29-27-36-15-11-12-24-44(36)54(46)62-51-30-28-43(35-49(51)48-32-40-21-8-10-23-42(40)34-53(48)62)61-50-26-14-13-25-45(50)47-31-39-20-7-9-22-41(39)33-52(47)61/h1-35H. The van der Waals surface area contributed by atoms with Crippen LogP contribution < -0.4 is 0 Å². The Labute approximate surface area is 356 Å². The highest BCUT2D eigenvalue weighted by atomic mass is 15.1. The molecule has 10 aromatic carbocycles. The van der Waals surface area contributed by atoms with Crippen molar-refractivity contribution in [3.05, 3.63) is 212 Å². The van der Waals surface area contributed by atoms with Gasteiger partial charge in [-0.3, -0.25) is 0 Å². The minimum atomic E-state index is 0.614. The first-order valence-corrected chi connectivity index (χ1v) is 21.0. The first-order chi connectivity index (χ1) is 30.7. The maximum atomic E-state index is 5.28. The van der Waals surface area contributed by atoms with E-state index >= 15 is 0 Å². The van der Waals surface area contributed by atoms with Crippen molar-refractivity contribution < 1.29 is 0 Å². The summed E-state index contributed by atoms with van der Waals surface area (Å²) in [6.45, 7) is 0. The van der Waals surface area contributed by atoms with E-state index in [4.69, 9.17) is 15.0 Å². The topological polar surface area (TPSA) is 48.5 Å². The highest BCUT2D eigenvalue weighted by molar-refractivity contribution is 6.17. The molecule has 0 aliphatic rings. The van der Waals surface area contributed by atoms with Gasteiger partial charge >= 0.3 is 0 Å². The van der Waals surface area contributed by atoms with E-state index in [-0.39, 0.29) is 0 Å². The number of rotatable bonds is 5. The second-order valence-corrected chi connectivity index (χ2v) is 16.0. The predicted octanol–water partition coefficient (Wildman–Crippen LogP) is 14.5. The van der Waals surface area contributed by atoms with E-state index < -0.39 is 0 Å². The number of nitrogens with zero attached hydrogens (tertiary/aromatic N) is 5. The molecule has 0 amide bonds. The van der Waals surface area contributed by atoms with E-state index in [1.54, 1.807) is 0 Å². The van der Waals surface area contributed by atoms with Gasteiger partial charge in [0.2, 0.25) is 0 Å². The van der Waals surface area contributed by atoms with Crippen LogP contribution in [0.25, 0.3) is 121 Å². The smallest absolute Gasteiger partial charge is 0.166 e. The van der Waals surface area contributed by atoms with Crippen molar-refractivity contribution in [2.45, 2.75) is 0 Å². The fraction of sp³-hybridized carbons (Fsp3) is 0. The van der Waals surface area contributed by atoms with Gasteiger partial charge in [-0.25, -0.2) is 15.0 Å². The van der Waals surface area contributed by atoms with Gasteiger partial charge in [0.25, 0.3) is 0 Å². The lowest BCUT2D eigenvalue weighted by atomic mass is 10.0. The van der Waals surface area contributed by atoms with Crippen molar-refractivity contribution >= 4 is 75.9 Å². The lowest BCUT2D eigenvalue weighted by Crippen LogP contribution is -2.04. The molecular formula is C57H35N5. The van der Waals surface area contributed by atoms with Gasteiger partial charge in [0.1, 0.15) is 0 Å². The average Bonchev–Trinajstić information content (AvgIpc) is 3.83. The van der Waals surface area contributed by atoms with Crippen LogP contribution in [0.3, 0.4) is 0 Å². The molecule has 0 saturated heterocycles. The third-order valence-corrected chi connectivity index (χ3v) is 12.5. The average molecular weight is 790 g/mol. The van der Waals surface area contributed by atoms with Gasteiger partial charge in [0.15, 0.2) is 17.5 Å². The third kappa shape index (κ3) is 5.32. The van der Waals surface area contributed by atoms with E-state index in [1.165, 1.54) is 54.1 Å². The summed E-state index contributed by atoms with van der Waals surface area (Å²) in [5.41, 5.74) is 9.51. The molecule has 0 bridgehead atoms. The van der Waals surface area contributed by atoms with Crippen LogP contribution in [0, 0.1) is 0 Å². The number of hydrogen-bond acceptors (Lipinski definition) is 3. The van der Waals surface area contributed by atoms with Crippen LogP contribution in [0.15, 0.2) is 212 Å². The molecule has 0 unspecified atom stereocenters. The molecule has 5 heteroatoms. The molecular weight excluding hydrogens is 755 g/mol. The summed E-state index contributed by atoms with van der Waals surface area (Å²) in [7, 11) is 0. The Kier molecular flexibility index (Phi) is 7.54. The van der Waals surface area contributed by atoms with E-state index in [0.717, 1.165) is 49.9 Å². The van der Waals surface area contributed by atoms with E-state index in [0.29, 0.717) is 17.5 Å². The van der Waals surface area contributed by atoms with Gasteiger partial charge in [0.05, 0.1) is 27.8 Å². The fourth-order valence-corrected chi connectivity index (χ4v) is 9.61. The Bertz CT molecular complexity index is 3860. The molecule has 0 spiro atoms. The molecule has 0 aliphatic heterocycles. The molecule has 0 saturated carbocycles. The molecule has 288 valence electrons. The van der Waals surface area contributed by atoms with E-state index in [1.807, 2.05) is 36.4 Å². The first kappa shape index (κ1) is 34.5. The van der Waals surface area contributed by atoms with Crippen molar-refractivity contribution in [1.82, 2.24) is 24.1 Å². The van der Waals surface area contributed by atoms with Crippen LogP contribution in [-0.4, -0.2) is 24.1 Å². The summed E-state index contributed by atoms with van der Waals surface area (Å²) in [6.07, 6.45) is 0. The Morgan fingerprint density at radius 2 is 0.742 bits per heavy atom. The monoisotopic (exact) mass is 789 g/mol. The van der Waals surface area contributed by atoms with Crippen molar-refractivity contribution in [1.29, 1.82) is 0 Å². The molecule has 0 aliphatic carbocycles. The fourth-order valence-electron chi connectivity index (χ4n) is 9.61. The highest BCUT2D eigenvalue weighted by Gasteiger charge is 2.23. The minimum absolute atomic E-state index is 0.614. The normalized spacial score (nSPS) is 11.9. The number of benzene rings is 10. The second kappa shape index (κ2) is 13.6. The summed E-state index contributed by atoms with van der Waals surface area (Å²) >= 11 is 0. The van der Waals surface area contributed by atoms with Crippen LogP contribution >= 0.6 is 0 Å². The van der Waals surface area contributed by atoms with Crippen molar-refractivity contribution in [3.8, 4) is 45.5 Å². The molecule has 3 aromatic heterocycles. The van der Waals surface area contributed by atoms with Gasteiger partial charge in [-0.1, -0.05) is 158 Å². The molecule has 13 rings (SSSR count). The Morgan fingerprint density at radius 1 is 0.274 bits per heavy atom. The highest BCUT2D eigenvalue weighted by Crippen LogP contribution is 2.43. The van der Waals surface area contributed by atoms with Gasteiger partial charge in [-0.05, 0) is 81.5 Å². The van der Waals surface area contributed by atoms with Gasteiger partial charge in [0, 0.05) is 49.3 Å². The summed E-state index contributed by atoms with van der Waals surface area (Å²) in [6, 6.07) is 75.9. The van der Waals surface area contributed by atoms with Crippen LogP contribution in [0.4, 0.5) is 0 Å². The summed E-state index contributed by atoms with van der Waals surface area (Å²) in [4.78, 5) is 15.6. The van der Waals surface area contributed by atoms with Crippen LogP contribution in [-0.2, 0) is 0 Å². The second-order valence-electron chi connectivity index (χ2n) is 16.0. The van der Waals surface area contributed by atoms with Crippen molar-refractivity contribution in [3.63, 3.8) is 0 Å². The number of fused-ring (bicyclic) bond motifs is 9. The molecule has 62 heavy (non-hydrogen) atoms. The summed E-state index contributed by atoms with van der Waals surface area (Å²) in [5.74, 6) is 1.87. The van der Waals surface area contributed by atoms with Crippen molar-refractivity contribution in [2.75, 3.05) is 0 Å². The molecule has 5 nitrogen and oxygen atoms in total. The lowest BCUT2D eigenvalue weighted by Gasteiger charge is -2.18. The number of aromatic nitrogens is 5. The van der Waals surface area contributed by atoms with Gasteiger partial charge in [-0.15, -0.1) is 0 Å². The van der Waals surface area contributed by atoms with Crippen LogP contribution in [0.1, 0.15) is 0 Å². The van der Waals surface area contributed by atoms with Crippen LogP contribution in [0.2, 0.25) is 0 Å². The Hall–Kier alpha value is -8.41. The lowest BCUT2D eigenvalue weighted by molar-refractivity contribution is 1.07. The summed E-state index contributed by atoms with van der Waals surface area (Å²) < 4.78 is 4.89. The Morgan fingerprint density at radius 3 is 1.39 bits per heavy atom. The number of para-hydroxylation sites is 1. The zero-order valence-electron chi connectivity index (χ0n) is 33.4. The molecule has 13 aromatic rings. The minimum Gasteiger partial charge on any atom is -0.309 e. The van der Waals surface area contributed by atoms with Gasteiger partial charge < -0.3 is 9.13 Å². The zero-order valence-corrected chi connectivity index (χ0v) is 33.4. The molecule has 0 atom stereocenters. The zero-order chi connectivity index (χ0) is 40.7. The largest absolute Gasteiger partial charge is 0.309 e. The third-order valence-electron chi connectivity index (χ3n) is 12.5. The van der Waals surface area contributed by atoms with Gasteiger partial charge in [-0.2, -0.15) is 0 Å². The first-order valence-electron chi connectivity index (χ1n) is 21.0. The maximum Gasteiger partial charge on any atom is 0.166 e.